The maximum Gasteiger partial charge on any atom is 0.407 e. The fraction of sp³-hybridized carbons (Fsp3) is 0.588. The van der Waals surface area contributed by atoms with E-state index in [9.17, 15) is 14.7 Å². The quantitative estimate of drug-likeness (QED) is 0.105. The molecule has 9 atom stereocenters. The average Bonchev–Trinajstić information content (AvgIpc) is 3.82. The molecule has 4 rings (SSSR count). The number of pyridine rings is 1. The summed E-state index contributed by atoms with van der Waals surface area (Å²) in [5.74, 6) is 0.170. The van der Waals surface area contributed by atoms with Gasteiger partial charge >= 0.3 is 6.09 Å². The number of rotatable bonds is 14. The number of hydrogen-bond acceptors (Lipinski definition) is 10. The lowest BCUT2D eigenvalue weighted by Gasteiger charge is -2.39. The van der Waals surface area contributed by atoms with Crippen LogP contribution in [0.2, 0.25) is 0 Å². The van der Waals surface area contributed by atoms with Crippen LogP contribution in [0.15, 0.2) is 65.4 Å². The molecule has 2 amide bonds. The van der Waals surface area contributed by atoms with Crippen LogP contribution in [0.1, 0.15) is 53.9 Å². The highest BCUT2D eigenvalue weighted by atomic mass is 33.1. The molecule has 0 aliphatic carbocycles. The van der Waals surface area contributed by atoms with Crippen molar-refractivity contribution in [1.29, 1.82) is 0 Å². The highest BCUT2D eigenvalue weighted by Gasteiger charge is 2.58. The standard InChI is InChI=1S/C34H48N3O7S2/c1-6-7-10-30(38)37-27-17-23(3)28(43-25(27)5)14-12-22(2)13-15-29-32(39)34(21-42-34)18-26(44-29)19-36-33(40)41-20-24(4)45-46-31-11-8-9-16-35-31/h6-13,15-16,23-29,32,39H,14,17-21H2,1-5H3,(H,36,40)(H,37,38)/b10-7-,15-13+,22-12+/t23-,24+,25+,26?,27+,28-,29?,32?,34?/m0/s1. The van der Waals surface area contributed by atoms with Gasteiger partial charge in [0.2, 0.25) is 5.91 Å². The van der Waals surface area contributed by atoms with E-state index in [2.05, 4.69) is 28.6 Å². The molecule has 3 aliphatic rings. The van der Waals surface area contributed by atoms with Gasteiger partial charge in [0.05, 0.1) is 31.0 Å². The van der Waals surface area contributed by atoms with Crippen molar-refractivity contribution in [2.75, 3.05) is 19.8 Å². The zero-order valence-electron chi connectivity index (χ0n) is 27.3. The zero-order chi connectivity index (χ0) is 33.1. The minimum atomic E-state index is -0.797. The number of ether oxygens (including phenoxy) is 4. The summed E-state index contributed by atoms with van der Waals surface area (Å²) in [4.78, 5) is 28.8. The van der Waals surface area contributed by atoms with Crippen LogP contribution in [0.4, 0.5) is 4.79 Å². The molecule has 0 bridgehead atoms. The van der Waals surface area contributed by atoms with E-state index in [0.717, 1.165) is 23.4 Å². The fourth-order valence-corrected chi connectivity index (χ4v) is 7.42. The third-order valence-electron chi connectivity index (χ3n) is 8.35. The molecule has 1 aromatic heterocycles. The van der Waals surface area contributed by atoms with Gasteiger partial charge in [0.25, 0.3) is 0 Å². The Bertz CT molecular complexity index is 1230. The Morgan fingerprint density at radius 3 is 2.78 bits per heavy atom. The van der Waals surface area contributed by atoms with Gasteiger partial charge in [-0.3, -0.25) is 4.79 Å². The zero-order valence-corrected chi connectivity index (χ0v) is 28.9. The Labute approximate surface area is 280 Å². The number of epoxide rings is 1. The van der Waals surface area contributed by atoms with E-state index in [4.69, 9.17) is 18.9 Å². The van der Waals surface area contributed by atoms with Gasteiger partial charge in [0.15, 0.2) is 0 Å². The molecule has 12 heteroatoms. The second-order valence-corrected chi connectivity index (χ2v) is 15.0. The number of aliphatic hydroxyl groups is 1. The van der Waals surface area contributed by atoms with Gasteiger partial charge in [0.1, 0.15) is 29.4 Å². The van der Waals surface area contributed by atoms with E-state index in [1.807, 2.05) is 64.5 Å². The highest BCUT2D eigenvalue weighted by Crippen LogP contribution is 2.42. The number of carbonyl (C=O) groups excluding carboxylic acids is 2. The number of hydrogen-bond donors (Lipinski definition) is 3. The molecule has 4 unspecified atom stereocenters. The maximum absolute atomic E-state index is 12.4. The topological polar surface area (TPSA) is 132 Å². The van der Waals surface area contributed by atoms with Crippen LogP contribution >= 0.6 is 21.6 Å². The number of aromatic nitrogens is 1. The largest absolute Gasteiger partial charge is 0.448 e. The van der Waals surface area contributed by atoms with Gasteiger partial charge < -0.3 is 34.7 Å². The summed E-state index contributed by atoms with van der Waals surface area (Å²) in [7, 11) is 3.14. The normalized spacial score (nSPS) is 32.0. The van der Waals surface area contributed by atoms with E-state index in [-0.39, 0.29) is 54.6 Å². The molecule has 10 nitrogen and oxygen atoms in total. The summed E-state index contributed by atoms with van der Waals surface area (Å²) in [5.41, 5.74) is 0.381. The van der Waals surface area contributed by atoms with Crippen molar-refractivity contribution in [2.45, 2.75) is 106 Å². The molecular weight excluding hydrogens is 627 g/mol. The SMILES string of the molecule is C[CH]/C=C\C(=O)N[C@@H]1C[C@H](C)[C@H](C/C=C(C)/C=C/C2OC(CNC(=O)OC[C@@H](C)SSc3ccccn3)CC3(CO3)C2O)O[C@@H]1C. The summed E-state index contributed by atoms with van der Waals surface area (Å²) in [6, 6.07) is 5.72. The lowest BCUT2D eigenvalue weighted by Crippen LogP contribution is -2.52. The number of amides is 2. The Morgan fingerprint density at radius 2 is 2.07 bits per heavy atom. The molecule has 253 valence electrons. The van der Waals surface area contributed by atoms with E-state index >= 15 is 0 Å². The minimum absolute atomic E-state index is 0.0271. The monoisotopic (exact) mass is 674 g/mol. The first-order valence-electron chi connectivity index (χ1n) is 16.0. The molecule has 4 heterocycles. The van der Waals surface area contributed by atoms with Crippen molar-refractivity contribution < 1.29 is 33.6 Å². The third-order valence-corrected chi connectivity index (χ3v) is 11.1. The second-order valence-electron chi connectivity index (χ2n) is 12.3. The lowest BCUT2D eigenvalue weighted by molar-refractivity contribution is -0.130. The molecule has 1 aromatic rings. The van der Waals surface area contributed by atoms with Gasteiger partial charge in [-0.25, -0.2) is 9.78 Å². The van der Waals surface area contributed by atoms with Crippen LogP contribution in [0.5, 0.6) is 0 Å². The maximum atomic E-state index is 12.4. The Hall–Kier alpha value is -2.35. The van der Waals surface area contributed by atoms with E-state index in [0.29, 0.717) is 13.0 Å². The Morgan fingerprint density at radius 1 is 1.26 bits per heavy atom. The first-order chi connectivity index (χ1) is 22.1. The summed E-state index contributed by atoms with van der Waals surface area (Å²) >= 11 is 0. The molecule has 3 N–H and O–H groups in total. The molecular formula is C34H48N3O7S2. The number of nitrogens with one attached hydrogen (secondary N) is 2. The van der Waals surface area contributed by atoms with Crippen molar-refractivity contribution in [2.24, 2.45) is 5.92 Å². The van der Waals surface area contributed by atoms with Gasteiger partial charge in [-0.05, 0) is 75.0 Å². The summed E-state index contributed by atoms with van der Waals surface area (Å²) in [6.07, 6.45) is 12.6. The summed E-state index contributed by atoms with van der Waals surface area (Å²) < 4.78 is 23.6. The molecule has 3 saturated heterocycles. The molecule has 0 saturated carbocycles. The lowest BCUT2D eigenvalue weighted by atomic mass is 9.87. The molecule has 0 aromatic carbocycles. The molecule has 1 spiro atoms. The first-order valence-corrected chi connectivity index (χ1v) is 18.2. The summed E-state index contributed by atoms with van der Waals surface area (Å²) in [5, 5.41) is 17.8. The van der Waals surface area contributed by atoms with Gasteiger partial charge in [-0.1, -0.05) is 60.6 Å². The Balaban J connectivity index is 1.21. The van der Waals surface area contributed by atoms with Crippen molar-refractivity contribution in [3.63, 3.8) is 0 Å². The number of alkyl carbamates (subject to hydrolysis) is 1. The second kappa shape index (κ2) is 17.7. The predicted molar refractivity (Wildman–Crippen MR) is 181 cm³/mol. The minimum Gasteiger partial charge on any atom is -0.448 e. The fourth-order valence-electron chi connectivity index (χ4n) is 5.54. The molecule has 46 heavy (non-hydrogen) atoms. The van der Waals surface area contributed by atoms with Crippen LogP contribution < -0.4 is 10.6 Å². The smallest absolute Gasteiger partial charge is 0.407 e. The average molecular weight is 675 g/mol. The van der Waals surface area contributed by atoms with Gasteiger partial charge in [-0.15, -0.1) is 0 Å². The van der Waals surface area contributed by atoms with E-state index < -0.39 is 23.9 Å². The van der Waals surface area contributed by atoms with Crippen LogP contribution in [-0.2, 0) is 23.7 Å². The van der Waals surface area contributed by atoms with Crippen LogP contribution in [0.25, 0.3) is 0 Å². The van der Waals surface area contributed by atoms with E-state index in [1.54, 1.807) is 33.9 Å². The molecule has 3 aliphatic heterocycles. The van der Waals surface area contributed by atoms with Gasteiger partial charge in [0, 0.05) is 24.4 Å². The number of nitrogens with zero attached hydrogens (tertiary/aromatic N) is 1. The van der Waals surface area contributed by atoms with Crippen molar-refractivity contribution in [1.82, 2.24) is 15.6 Å². The van der Waals surface area contributed by atoms with Crippen molar-refractivity contribution in [3.05, 3.63) is 66.8 Å². The Kier molecular flexibility index (Phi) is 14.0. The van der Waals surface area contributed by atoms with Crippen LogP contribution in [0.3, 0.4) is 0 Å². The van der Waals surface area contributed by atoms with Crippen LogP contribution in [-0.4, -0.2) is 89.3 Å². The predicted octanol–water partition coefficient (Wildman–Crippen LogP) is 5.20. The highest BCUT2D eigenvalue weighted by molar-refractivity contribution is 8.76. The molecule has 1 radical (unpaired) electrons. The first kappa shape index (κ1) is 36.5. The molecule has 3 fully saturated rings. The van der Waals surface area contributed by atoms with Gasteiger partial charge in [-0.2, -0.15) is 0 Å². The number of carbonyl (C=O) groups is 2. The van der Waals surface area contributed by atoms with Crippen molar-refractivity contribution >= 4 is 33.6 Å². The van der Waals surface area contributed by atoms with E-state index in [1.165, 1.54) is 6.08 Å². The number of aliphatic hydroxyl groups excluding tert-OH is 1. The third kappa shape index (κ3) is 11.1. The number of allylic oxidation sites excluding steroid dienone is 3. The van der Waals surface area contributed by atoms with Crippen LogP contribution in [0, 0.1) is 12.3 Å². The van der Waals surface area contributed by atoms with Crippen molar-refractivity contribution in [3.8, 4) is 0 Å². The summed E-state index contributed by atoms with van der Waals surface area (Å²) in [6.45, 7) is 11.0.